The number of rotatable bonds is 4. The van der Waals surface area contributed by atoms with Gasteiger partial charge in [-0.1, -0.05) is 12.1 Å². The third-order valence-corrected chi connectivity index (χ3v) is 4.03. The summed E-state index contributed by atoms with van der Waals surface area (Å²) >= 11 is 0. The Labute approximate surface area is 139 Å². The van der Waals surface area contributed by atoms with Gasteiger partial charge in [-0.3, -0.25) is 4.90 Å². The summed E-state index contributed by atoms with van der Waals surface area (Å²) in [5, 5.41) is 0. The van der Waals surface area contributed by atoms with Crippen molar-refractivity contribution < 1.29 is 4.79 Å². The zero-order valence-electron chi connectivity index (χ0n) is 13.5. The predicted molar refractivity (Wildman–Crippen MR) is 93.3 cm³/mol. The van der Waals surface area contributed by atoms with Gasteiger partial charge in [-0.15, -0.1) is 12.4 Å². The maximum atomic E-state index is 12.3. The minimum atomic E-state index is 0. The maximum Gasteiger partial charge on any atom is 0.320 e. The highest BCUT2D eigenvalue weighted by Crippen LogP contribution is 2.12. The summed E-state index contributed by atoms with van der Waals surface area (Å²) in [5.41, 5.74) is 7.86. The number of hydrogen-bond acceptors (Lipinski definition) is 3. The molecule has 0 aromatic heterocycles. The summed E-state index contributed by atoms with van der Waals surface area (Å²) in [6.45, 7) is 9.95. The van der Waals surface area contributed by atoms with Crippen LogP contribution in [-0.2, 0) is 6.54 Å². The second-order valence-corrected chi connectivity index (χ2v) is 5.46. The first-order valence-electron chi connectivity index (χ1n) is 7.74. The molecule has 0 radical (unpaired) electrons. The number of anilines is 1. The van der Waals surface area contributed by atoms with Crippen LogP contribution in [-0.4, -0.2) is 60.0 Å². The first kappa shape index (κ1) is 18.6. The Balaban J connectivity index is 0.00000242. The van der Waals surface area contributed by atoms with Crippen molar-refractivity contribution in [2.45, 2.75) is 20.4 Å². The Bertz CT molecular complexity index is 471. The fourth-order valence-corrected chi connectivity index (χ4v) is 2.74. The van der Waals surface area contributed by atoms with Gasteiger partial charge in [0.05, 0.1) is 0 Å². The Morgan fingerprint density at radius 3 is 2.36 bits per heavy atom. The number of hydrogen-bond donors (Lipinski definition) is 1. The lowest BCUT2D eigenvalue weighted by Crippen LogP contribution is -2.52. The number of nitrogens with two attached hydrogens (primary N) is 1. The molecule has 22 heavy (non-hydrogen) atoms. The quantitative estimate of drug-likeness (QED) is 0.864. The second kappa shape index (κ2) is 8.86. The average Bonchev–Trinajstić information content (AvgIpc) is 2.49. The van der Waals surface area contributed by atoms with Crippen LogP contribution in [0.5, 0.6) is 0 Å². The van der Waals surface area contributed by atoms with Crippen LogP contribution in [0.25, 0.3) is 0 Å². The first-order valence-corrected chi connectivity index (χ1v) is 7.74. The number of urea groups is 1. The highest BCUT2D eigenvalue weighted by molar-refractivity contribution is 5.85. The van der Waals surface area contributed by atoms with Crippen molar-refractivity contribution in [3.63, 3.8) is 0 Å². The normalized spacial score (nSPS) is 15.3. The van der Waals surface area contributed by atoms with E-state index in [1.807, 2.05) is 41.8 Å². The summed E-state index contributed by atoms with van der Waals surface area (Å²) in [7, 11) is 0. The lowest BCUT2D eigenvalue weighted by Gasteiger charge is -2.37. The molecular weight excluding hydrogens is 300 g/mol. The number of nitrogens with zero attached hydrogens (tertiary/aromatic N) is 3. The van der Waals surface area contributed by atoms with Gasteiger partial charge in [-0.25, -0.2) is 4.79 Å². The van der Waals surface area contributed by atoms with Gasteiger partial charge in [-0.05, 0) is 31.5 Å². The van der Waals surface area contributed by atoms with Crippen molar-refractivity contribution in [3.05, 3.63) is 29.8 Å². The molecule has 1 heterocycles. The molecule has 0 saturated carbocycles. The lowest BCUT2D eigenvalue weighted by molar-refractivity contribution is 0.112. The highest BCUT2D eigenvalue weighted by Gasteiger charge is 2.23. The van der Waals surface area contributed by atoms with Crippen LogP contribution in [0.4, 0.5) is 10.5 Å². The largest absolute Gasteiger partial charge is 0.399 e. The van der Waals surface area contributed by atoms with Crippen molar-refractivity contribution >= 4 is 24.1 Å². The van der Waals surface area contributed by atoms with Gasteiger partial charge in [0.2, 0.25) is 0 Å². The standard InChI is InChI=1S/C16H26N4O.ClH/c1-3-19(4-2)16(21)20-10-8-18(9-11-20)13-14-6-5-7-15(17)12-14;/h5-7,12H,3-4,8-11,13,17H2,1-2H3;1H. The number of amides is 2. The van der Waals surface area contributed by atoms with E-state index >= 15 is 0 Å². The molecule has 1 aromatic rings. The van der Waals surface area contributed by atoms with Gasteiger partial charge in [0.15, 0.2) is 0 Å². The molecule has 124 valence electrons. The van der Waals surface area contributed by atoms with E-state index in [-0.39, 0.29) is 18.4 Å². The van der Waals surface area contributed by atoms with Crippen LogP contribution in [0.3, 0.4) is 0 Å². The Morgan fingerprint density at radius 1 is 1.18 bits per heavy atom. The molecule has 0 unspecified atom stereocenters. The number of benzene rings is 1. The fourth-order valence-electron chi connectivity index (χ4n) is 2.74. The molecule has 2 amide bonds. The van der Waals surface area contributed by atoms with Crippen molar-refractivity contribution in [1.29, 1.82) is 0 Å². The van der Waals surface area contributed by atoms with E-state index in [0.717, 1.165) is 51.5 Å². The monoisotopic (exact) mass is 326 g/mol. The summed E-state index contributed by atoms with van der Waals surface area (Å²) in [6, 6.07) is 8.19. The minimum absolute atomic E-state index is 0. The lowest BCUT2D eigenvalue weighted by atomic mass is 10.2. The maximum absolute atomic E-state index is 12.3. The fraction of sp³-hybridized carbons (Fsp3) is 0.562. The summed E-state index contributed by atoms with van der Waals surface area (Å²) in [4.78, 5) is 18.5. The average molecular weight is 327 g/mol. The molecule has 1 saturated heterocycles. The van der Waals surface area contributed by atoms with Crippen LogP contribution < -0.4 is 5.73 Å². The molecule has 6 heteroatoms. The van der Waals surface area contributed by atoms with E-state index in [0.29, 0.717) is 0 Å². The molecule has 0 bridgehead atoms. The molecule has 0 spiro atoms. The van der Waals surface area contributed by atoms with Crippen molar-refractivity contribution in [2.75, 3.05) is 45.0 Å². The first-order chi connectivity index (χ1) is 10.1. The topological polar surface area (TPSA) is 52.8 Å². The number of nitrogen functional groups attached to an aromatic ring is 1. The Morgan fingerprint density at radius 2 is 1.82 bits per heavy atom. The molecular formula is C16H27ClN4O. The molecule has 5 nitrogen and oxygen atoms in total. The minimum Gasteiger partial charge on any atom is -0.399 e. The third-order valence-electron chi connectivity index (χ3n) is 4.03. The van der Waals surface area contributed by atoms with E-state index < -0.39 is 0 Å². The zero-order chi connectivity index (χ0) is 15.2. The van der Waals surface area contributed by atoms with Crippen LogP contribution in [0.15, 0.2) is 24.3 Å². The van der Waals surface area contributed by atoms with Crippen molar-refractivity contribution in [3.8, 4) is 0 Å². The summed E-state index contributed by atoms with van der Waals surface area (Å²) in [5.74, 6) is 0. The molecule has 1 fully saturated rings. The van der Waals surface area contributed by atoms with Crippen LogP contribution in [0.1, 0.15) is 19.4 Å². The van der Waals surface area contributed by atoms with Gasteiger partial charge in [0.1, 0.15) is 0 Å². The molecule has 1 aliphatic heterocycles. The van der Waals surface area contributed by atoms with Crippen molar-refractivity contribution in [1.82, 2.24) is 14.7 Å². The SMILES string of the molecule is CCN(CC)C(=O)N1CCN(Cc2cccc(N)c2)CC1.Cl. The van der Waals surface area contributed by atoms with Crippen LogP contribution >= 0.6 is 12.4 Å². The molecule has 0 atom stereocenters. The van der Waals surface area contributed by atoms with Crippen LogP contribution in [0.2, 0.25) is 0 Å². The number of carbonyl (C=O) groups is 1. The molecule has 1 aliphatic rings. The third kappa shape index (κ3) is 4.78. The van der Waals surface area contributed by atoms with Gasteiger partial charge < -0.3 is 15.5 Å². The summed E-state index contributed by atoms with van der Waals surface area (Å²) < 4.78 is 0. The van der Waals surface area contributed by atoms with E-state index in [4.69, 9.17) is 5.73 Å². The van der Waals surface area contributed by atoms with Crippen LogP contribution in [0, 0.1) is 0 Å². The van der Waals surface area contributed by atoms with Gasteiger partial charge in [0, 0.05) is 51.5 Å². The smallest absolute Gasteiger partial charge is 0.320 e. The van der Waals surface area contributed by atoms with Gasteiger partial charge in [0.25, 0.3) is 0 Å². The van der Waals surface area contributed by atoms with E-state index in [1.54, 1.807) is 0 Å². The van der Waals surface area contributed by atoms with E-state index in [9.17, 15) is 4.79 Å². The van der Waals surface area contributed by atoms with Crippen molar-refractivity contribution in [2.24, 2.45) is 0 Å². The summed E-state index contributed by atoms with van der Waals surface area (Å²) in [6.07, 6.45) is 0. The predicted octanol–water partition coefficient (Wildman–Crippen LogP) is 2.27. The van der Waals surface area contributed by atoms with E-state index in [1.165, 1.54) is 5.56 Å². The van der Waals surface area contributed by atoms with E-state index in [2.05, 4.69) is 11.0 Å². The number of carbonyl (C=O) groups excluding carboxylic acids is 1. The molecule has 0 aliphatic carbocycles. The number of piperazine rings is 1. The molecule has 2 N–H and O–H groups in total. The molecule has 1 aromatic carbocycles. The zero-order valence-corrected chi connectivity index (χ0v) is 14.3. The number of halogens is 1. The molecule has 2 rings (SSSR count). The Kier molecular flexibility index (Phi) is 7.48. The van der Waals surface area contributed by atoms with Gasteiger partial charge >= 0.3 is 6.03 Å². The highest BCUT2D eigenvalue weighted by atomic mass is 35.5. The second-order valence-electron chi connectivity index (χ2n) is 5.46. The van der Waals surface area contributed by atoms with Gasteiger partial charge in [-0.2, -0.15) is 0 Å². The Hall–Kier alpha value is -1.46.